The predicted octanol–water partition coefficient (Wildman–Crippen LogP) is 6.00. The first kappa shape index (κ1) is 24.3. The number of para-hydroxylation sites is 2. The van der Waals surface area contributed by atoms with E-state index in [-0.39, 0.29) is 17.5 Å². The van der Waals surface area contributed by atoms with Crippen molar-refractivity contribution in [1.82, 2.24) is 10.6 Å². The number of hydrogen-bond acceptors (Lipinski definition) is 2. The zero-order valence-electron chi connectivity index (χ0n) is 18.7. The third kappa shape index (κ3) is 9.11. The van der Waals surface area contributed by atoms with E-state index >= 15 is 0 Å². The molecule has 4 amide bonds. The number of nitrogens with one attached hydrogen (secondary N) is 4. The first-order valence-corrected chi connectivity index (χ1v) is 11.3. The molecule has 0 aromatic heterocycles. The Balaban J connectivity index is 1.80. The molecule has 6 nitrogen and oxygen atoms in total. The van der Waals surface area contributed by atoms with Gasteiger partial charge >= 0.3 is 12.1 Å². The van der Waals surface area contributed by atoms with Crippen molar-refractivity contribution in [3.05, 3.63) is 60.7 Å². The van der Waals surface area contributed by atoms with Gasteiger partial charge in [0.15, 0.2) is 0 Å². The van der Waals surface area contributed by atoms with E-state index in [1.54, 1.807) is 0 Å². The molecule has 4 N–H and O–H groups in total. The Morgan fingerprint density at radius 3 is 1.77 bits per heavy atom. The SMILES string of the molecule is CCCC[C@](CC)(CCCNC(=O)Nc1ccccc1)CNC(=O)Nc1ccccc1. The topological polar surface area (TPSA) is 82.3 Å². The van der Waals surface area contributed by atoms with Crippen molar-refractivity contribution in [3.8, 4) is 0 Å². The minimum absolute atomic E-state index is 0.0294. The highest BCUT2D eigenvalue weighted by Gasteiger charge is 2.27. The molecule has 31 heavy (non-hydrogen) atoms. The molecule has 0 heterocycles. The van der Waals surface area contributed by atoms with Gasteiger partial charge in [0, 0.05) is 24.5 Å². The second-order valence-electron chi connectivity index (χ2n) is 7.98. The van der Waals surface area contributed by atoms with Gasteiger partial charge in [-0.15, -0.1) is 0 Å². The number of rotatable bonds is 12. The van der Waals surface area contributed by atoms with E-state index in [0.717, 1.165) is 49.9 Å². The van der Waals surface area contributed by atoms with Crippen molar-refractivity contribution in [2.45, 2.75) is 52.4 Å². The Morgan fingerprint density at radius 1 is 0.742 bits per heavy atom. The molecule has 0 fully saturated rings. The fourth-order valence-corrected chi connectivity index (χ4v) is 3.66. The molecular formula is C25H36N4O2. The molecular weight excluding hydrogens is 388 g/mol. The van der Waals surface area contributed by atoms with Crippen molar-refractivity contribution in [3.63, 3.8) is 0 Å². The number of hydrogen-bond donors (Lipinski definition) is 4. The van der Waals surface area contributed by atoms with Crippen LogP contribution < -0.4 is 21.3 Å². The number of benzene rings is 2. The summed E-state index contributed by atoms with van der Waals surface area (Å²) in [6, 6.07) is 18.5. The third-order valence-electron chi connectivity index (χ3n) is 5.67. The molecule has 0 saturated heterocycles. The summed E-state index contributed by atoms with van der Waals surface area (Å²) in [6.45, 7) is 5.59. The standard InChI is InChI=1S/C25H36N4O2/c1-3-5-17-25(4-2,20-27-24(31)29-22-15-10-7-11-16-22)18-12-19-26-23(30)28-21-13-8-6-9-14-21/h6-11,13-16H,3-5,12,17-20H2,1-2H3,(H2,26,28,30)(H2,27,29,31)/t25-/m1/s1. The Labute approximate surface area is 186 Å². The fraction of sp³-hybridized carbons (Fsp3) is 0.440. The smallest absolute Gasteiger partial charge is 0.319 e. The molecule has 2 aromatic rings. The number of carbonyl (C=O) groups excluding carboxylic acids is 2. The van der Waals surface area contributed by atoms with E-state index < -0.39 is 0 Å². The first-order valence-electron chi connectivity index (χ1n) is 11.3. The van der Waals surface area contributed by atoms with Gasteiger partial charge in [0.1, 0.15) is 0 Å². The minimum Gasteiger partial charge on any atom is -0.338 e. The fourth-order valence-electron chi connectivity index (χ4n) is 3.66. The average Bonchev–Trinajstić information content (AvgIpc) is 2.79. The van der Waals surface area contributed by atoms with Crippen LogP contribution in [0.25, 0.3) is 0 Å². The summed E-state index contributed by atoms with van der Waals surface area (Å²) in [5, 5.41) is 11.7. The zero-order valence-corrected chi connectivity index (χ0v) is 18.7. The lowest BCUT2D eigenvalue weighted by molar-refractivity contribution is 0.202. The second kappa shape index (κ2) is 13.3. The Morgan fingerprint density at radius 2 is 1.26 bits per heavy atom. The van der Waals surface area contributed by atoms with Gasteiger partial charge in [0.05, 0.1) is 0 Å². The summed E-state index contributed by atoms with van der Waals surface area (Å²) in [5.74, 6) is 0. The van der Waals surface area contributed by atoms with E-state index in [9.17, 15) is 9.59 Å². The van der Waals surface area contributed by atoms with Crippen molar-refractivity contribution in [2.75, 3.05) is 23.7 Å². The maximum atomic E-state index is 12.4. The normalized spacial score (nSPS) is 12.5. The van der Waals surface area contributed by atoms with E-state index in [2.05, 4.69) is 35.1 Å². The number of carbonyl (C=O) groups is 2. The molecule has 0 aliphatic carbocycles. The van der Waals surface area contributed by atoms with Crippen molar-refractivity contribution in [2.24, 2.45) is 5.41 Å². The number of urea groups is 2. The molecule has 2 aromatic carbocycles. The number of anilines is 2. The van der Waals surface area contributed by atoms with Crippen LogP contribution in [0.2, 0.25) is 0 Å². The van der Waals surface area contributed by atoms with E-state index in [0.29, 0.717) is 13.1 Å². The van der Waals surface area contributed by atoms with Crippen LogP contribution in [0.4, 0.5) is 21.0 Å². The van der Waals surface area contributed by atoms with Gasteiger partial charge in [-0.2, -0.15) is 0 Å². The Bertz CT molecular complexity index is 783. The molecule has 0 aliphatic heterocycles. The van der Waals surface area contributed by atoms with Crippen molar-refractivity contribution in [1.29, 1.82) is 0 Å². The molecule has 0 bridgehead atoms. The summed E-state index contributed by atoms with van der Waals surface area (Å²) in [7, 11) is 0. The average molecular weight is 425 g/mol. The summed E-state index contributed by atoms with van der Waals surface area (Å²) in [5.41, 5.74) is 1.59. The lowest BCUT2D eigenvalue weighted by Gasteiger charge is -2.33. The second-order valence-corrected chi connectivity index (χ2v) is 7.98. The summed E-state index contributed by atoms with van der Waals surface area (Å²) < 4.78 is 0. The summed E-state index contributed by atoms with van der Waals surface area (Å²) in [6.07, 6.45) is 6.09. The van der Waals surface area contributed by atoms with Crippen LogP contribution in [0.1, 0.15) is 52.4 Å². The van der Waals surface area contributed by atoms with Crippen LogP contribution in [0.3, 0.4) is 0 Å². The van der Waals surface area contributed by atoms with Crippen LogP contribution in [-0.2, 0) is 0 Å². The van der Waals surface area contributed by atoms with E-state index in [1.807, 2.05) is 60.7 Å². The lowest BCUT2D eigenvalue weighted by atomic mass is 9.76. The maximum absolute atomic E-state index is 12.4. The maximum Gasteiger partial charge on any atom is 0.319 e. The zero-order chi connectivity index (χ0) is 22.4. The molecule has 2 rings (SSSR count). The highest BCUT2D eigenvalue weighted by Crippen LogP contribution is 2.33. The van der Waals surface area contributed by atoms with Crippen molar-refractivity contribution < 1.29 is 9.59 Å². The Hall–Kier alpha value is -3.02. The van der Waals surface area contributed by atoms with Gasteiger partial charge in [-0.3, -0.25) is 0 Å². The summed E-state index contributed by atoms with van der Waals surface area (Å²) >= 11 is 0. The van der Waals surface area contributed by atoms with Gasteiger partial charge in [0.2, 0.25) is 0 Å². The largest absolute Gasteiger partial charge is 0.338 e. The van der Waals surface area contributed by atoms with Gasteiger partial charge in [-0.05, 0) is 55.4 Å². The number of unbranched alkanes of at least 4 members (excludes halogenated alkanes) is 1. The molecule has 0 unspecified atom stereocenters. The van der Waals surface area contributed by atoms with Crippen LogP contribution in [0.5, 0.6) is 0 Å². The quantitative estimate of drug-likeness (QED) is 0.315. The highest BCUT2D eigenvalue weighted by molar-refractivity contribution is 5.89. The Kier molecular flexibility index (Phi) is 10.4. The summed E-state index contributed by atoms with van der Waals surface area (Å²) in [4.78, 5) is 24.4. The third-order valence-corrected chi connectivity index (χ3v) is 5.67. The van der Waals surface area contributed by atoms with Gasteiger partial charge in [-0.25, -0.2) is 9.59 Å². The molecule has 1 atom stereocenters. The molecule has 0 aliphatic rings. The predicted molar refractivity (Wildman–Crippen MR) is 128 cm³/mol. The first-order chi connectivity index (χ1) is 15.1. The van der Waals surface area contributed by atoms with Crippen LogP contribution in [0, 0.1) is 5.41 Å². The molecule has 168 valence electrons. The van der Waals surface area contributed by atoms with Crippen LogP contribution >= 0.6 is 0 Å². The number of amides is 4. The van der Waals surface area contributed by atoms with Crippen LogP contribution in [0.15, 0.2) is 60.7 Å². The van der Waals surface area contributed by atoms with Crippen LogP contribution in [-0.4, -0.2) is 25.2 Å². The molecule has 6 heteroatoms. The molecule has 0 radical (unpaired) electrons. The monoisotopic (exact) mass is 424 g/mol. The van der Waals surface area contributed by atoms with Crippen molar-refractivity contribution >= 4 is 23.4 Å². The molecule has 0 saturated carbocycles. The van der Waals surface area contributed by atoms with Gasteiger partial charge in [-0.1, -0.05) is 63.1 Å². The minimum atomic E-state index is -0.192. The molecule has 0 spiro atoms. The van der Waals surface area contributed by atoms with Gasteiger partial charge in [0.25, 0.3) is 0 Å². The van der Waals surface area contributed by atoms with E-state index in [4.69, 9.17) is 0 Å². The van der Waals surface area contributed by atoms with Gasteiger partial charge < -0.3 is 21.3 Å². The highest BCUT2D eigenvalue weighted by atomic mass is 16.2. The lowest BCUT2D eigenvalue weighted by Crippen LogP contribution is -2.40. The van der Waals surface area contributed by atoms with E-state index in [1.165, 1.54) is 0 Å².